The molecule has 2 nitrogen and oxygen atoms in total. The Morgan fingerprint density at radius 3 is 2.79 bits per heavy atom. The van der Waals surface area contributed by atoms with Gasteiger partial charge in [-0.05, 0) is 37.8 Å². The molecule has 1 aliphatic carbocycles. The molecule has 1 aromatic rings. The maximum atomic E-state index is 5.76. The summed E-state index contributed by atoms with van der Waals surface area (Å²) in [6.07, 6.45) is 5.76. The molecule has 1 heterocycles. The summed E-state index contributed by atoms with van der Waals surface area (Å²) in [5, 5.41) is 4.09. The maximum Gasteiger partial charge on any atom is 0.126 e. The number of pyridine rings is 1. The van der Waals surface area contributed by atoms with Crippen LogP contribution in [0.5, 0.6) is 0 Å². The normalized spacial score (nSPS) is 18.7. The molecule has 14 heavy (non-hydrogen) atoms. The van der Waals surface area contributed by atoms with Crippen LogP contribution >= 0.6 is 11.6 Å². The Labute approximate surface area is 89.7 Å². The van der Waals surface area contributed by atoms with Crippen molar-refractivity contribution in [2.45, 2.75) is 32.2 Å². The van der Waals surface area contributed by atoms with Crippen LogP contribution in [0.4, 0.5) is 5.82 Å². The van der Waals surface area contributed by atoms with Gasteiger partial charge in [-0.3, -0.25) is 0 Å². The number of anilines is 1. The summed E-state index contributed by atoms with van der Waals surface area (Å²) in [5.41, 5.74) is 0. The average molecular weight is 211 g/mol. The fourth-order valence-electron chi connectivity index (χ4n) is 1.75. The predicted molar refractivity (Wildman–Crippen MR) is 59.7 cm³/mol. The van der Waals surface area contributed by atoms with Gasteiger partial charge in [-0.25, -0.2) is 4.98 Å². The number of nitrogens with one attached hydrogen (secondary N) is 1. The maximum absolute atomic E-state index is 5.76. The molecule has 0 saturated heterocycles. The Morgan fingerprint density at radius 2 is 2.29 bits per heavy atom. The van der Waals surface area contributed by atoms with Crippen LogP contribution < -0.4 is 5.32 Å². The monoisotopic (exact) mass is 210 g/mol. The highest BCUT2D eigenvalue weighted by Gasteiger charge is 2.23. The molecule has 0 aromatic carbocycles. The van der Waals surface area contributed by atoms with E-state index in [1.165, 1.54) is 19.3 Å². The Hall–Kier alpha value is -0.760. The molecule has 0 radical (unpaired) electrons. The van der Waals surface area contributed by atoms with Crippen molar-refractivity contribution in [3.05, 3.63) is 23.4 Å². The molecule has 0 aliphatic heterocycles. The number of halogens is 1. The zero-order chi connectivity index (χ0) is 9.97. The quantitative estimate of drug-likeness (QED) is 0.828. The lowest BCUT2D eigenvalue weighted by Gasteiger charge is -2.32. The van der Waals surface area contributed by atoms with E-state index in [4.69, 9.17) is 11.6 Å². The molecule has 1 aliphatic rings. The van der Waals surface area contributed by atoms with Gasteiger partial charge in [-0.1, -0.05) is 18.0 Å². The second kappa shape index (κ2) is 4.18. The van der Waals surface area contributed by atoms with E-state index >= 15 is 0 Å². The highest BCUT2D eigenvalue weighted by molar-refractivity contribution is 6.30. The summed E-state index contributed by atoms with van der Waals surface area (Å²) in [6, 6.07) is 4.32. The summed E-state index contributed by atoms with van der Waals surface area (Å²) in [5.74, 6) is 1.75. The van der Waals surface area contributed by atoms with E-state index in [0.29, 0.717) is 11.1 Å². The van der Waals surface area contributed by atoms with Gasteiger partial charge in [0.2, 0.25) is 0 Å². The molecule has 2 rings (SSSR count). The highest BCUT2D eigenvalue weighted by atomic mass is 35.5. The van der Waals surface area contributed by atoms with E-state index in [2.05, 4.69) is 17.2 Å². The van der Waals surface area contributed by atoms with Crippen molar-refractivity contribution in [1.82, 2.24) is 4.98 Å². The average Bonchev–Trinajstić information content (AvgIpc) is 2.06. The summed E-state index contributed by atoms with van der Waals surface area (Å²) < 4.78 is 0. The van der Waals surface area contributed by atoms with Crippen LogP contribution in [0.2, 0.25) is 5.02 Å². The molecule has 1 fully saturated rings. The van der Waals surface area contributed by atoms with Crippen molar-refractivity contribution in [2.75, 3.05) is 5.32 Å². The minimum atomic E-state index is 0.525. The topological polar surface area (TPSA) is 24.9 Å². The van der Waals surface area contributed by atoms with Gasteiger partial charge in [-0.2, -0.15) is 0 Å². The molecule has 1 atom stereocenters. The van der Waals surface area contributed by atoms with Crippen molar-refractivity contribution in [2.24, 2.45) is 5.92 Å². The number of nitrogens with zero attached hydrogens (tertiary/aromatic N) is 1. The van der Waals surface area contributed by atoms with E-state index < -0.39 is 0 Å². The number of hydrogen-bond donors (Lipinski definition) is 1. The first-order valence-electron chi connectivity index (χ1n) is 5.14. The van der Waals surface area contributed by atoms with Crippen LogP contribution in [-0.2, 0) is 0 Å². The SMILES string of the molecule is CC(Nc1ccc(Cl)cn1)C1CCC1. The molecule has 0 amide bonds. The van der Waals surface area contributed by atoms with Gasteiger partial charge in [0.25, 0.3) is 0 Å². The summed E-state index contributed by atoms with van der Waals surface area (Å²) in [7, 11) is 0. The molecule has 0 bridgehead atoms. The van der Waals surface area contributed by atoms with Crippen LogP contribution in [0.3, 0.4) is 0 Å². The first-order valence-corrected chi connectivity index (χ1v) is 5.51. The molecule has 3 heteroatoms. The van der Waals surface area contributed by atoms with Crippen LogP contribution in [0.25, 0.3) is 0 Å². The molecule has 0 spiro atoms. The van der Waals surface area contributed by atoms with Crippen LogP contribution in [-0.4, -0.2) is 11.0 Å². The van der Waals surface area contributed by atoms with Crippen molar-refractivity contribution >= 4 is 17.4 Å². The zero-order valence-corrected chi connectivity index (χ0v) is 9.09. The van der Waals surface area contributed by atoms with E-state index in [-0.39, 0.29) is 0 Å². The summed E-state index contributed by atoms with van der Waals surface area (Å²) in [4.78, 5) is 4.22. The smallest absolute Gasteiger partial charge is 0.126 e. The van der Waals surface area contributed by atoms with Crippen molar-refractivity contribution in [3.8, 4) is 0 Å². The van der Waals surface area contributed by atoms with E-state index in [0.717, 1.165) is 11.7 Å². The lowest BCUT2D eigenvalue weighted by atomic mass is 9.80. The van der Waals surface area contributed by atoms with E-state index in [1.54, 1.807) is 6.20 Å². The van der Waals surface area contributed by atoms with Gasteiger partial charge in [0, 0.05) is 12.2 Å². The minimum absolute atomic E-state index is 0.525. The number of aromatic nitrogens is 1. The van der Waals surface area contributed by atoms with E-state index in [1.807, 2.05) is 12.1 Å². The first kappa shape index (κ1) is 9.78. The first-order chi connectivity index (χ1) is 6.75. The second-order valence-corrected chi connectivity index (χ2v) is 4.42. The fraction of sp³-hybridized carbons (Fsp3) is 0.545. The van der Waals surface area contributed by atoms with Gasteiger partial charge >= 0.3 is 0 Å². The third kappa shape index (κ3) is 2.18. The zero-order valence-electron chi connectivity index (χ0n) is 8.33. The van der Waals surface area contributed by atoms with Gasteiger partial charge in [0.1, 0.15) is 5.82 Å². The number of hydrogen-bond acceptors (Lipinski definition) is 2. The van der Waals surface area contributed by atoms with Gasteiger partial charge in [-0.15, -0.1) is 0 Å². The van der Waals surface area contributed by atoms with Crippen molar-refractivity contribution < 1.29 is 0 Å². The fourth-order valence-corrected chi connectivity index (χ4v) is 1.86. The van der Waals surface area contributed by atoms with Gasteiger partial charge in [0.05, 0.1) is 5.02 Å². The highest BCUT2D eigenvalue weighted by Crippen LogP contribution is 2.30. The molecule has 1 saturated carbocycles. The largest absolute Gasteiger partial charge is 0.367 e. The Balaban J connectivity index is 1.92. The lowest BCUT2D eigenvalue weighted by Crippen LogP contribution is -2.31. The Kier molecular flexibility index (Phi) is 2.92. The van der Waals surface area contributed by atoms with Gasteiger partial charge in [0.15, 0.2) is 0 Å². The Bertz CT molecular complexity index is 293. The summed E-state index contributed by atoms with van der Waals surface area (Å²) >= 11 is 5.76. The molecular formula is C11H15ClN2. The third-order valence-electron chi connectivity index (χ3n) is 2.96. The molecule has 1 N–H and O–H groups in total. The van der Waals surface area contributed by atoms with E-state index in [9.17, 15) is 0 Å². The summed E-state index contributed by atoms with van der Waals surface area (Å²) in [6.45, 7) is 2.22. The molecule has 76 valence electrons. The lowest BCUT2D eigenvalue weighted by molar-refractivity contribution is 0.285. The Morgan fingerprint density at radius 1 is 1.50 bits per heavy atom. The predicted octanol–water partition coefficient (Wildman–Crippen LogP) is 3.34. The molecule has 1 unspecified atom stereocenters. The molecular weight excluding hydrogens is 196 g/mol. The third-order valence-corrected chi connectivity index (χ3v) is 3.18. The van der Waals surface area contributed by atoms with Crippen molar-refractivity contribution in [3.63, 3.8) is 0 Å². The van der Waals surface area contributed by atoms with Crippen LogP contribution in [0, 0.1) is 5.92 Å². The van der Waals surface area contributed by atoms with Crippen molar-refractivity contribution in [1.29, 1.82) is 0 Å². The van der Waals surface area contributed by atoms with Crippen LogP contribution in [0.1, 0.15) is 26.2 Å². The second-order valence-electron chi connectivity index (χ2n) is 3.99. The standard InChI is InChI=1S/C11H15ClN2/c1-8(9-3-2-4-9)14-11-6-5-10(12)7-13-11/h5-9H,2-4H2,1H3,(H,13,14). The minimum Gasteiger partial charge on any atom is -0.367 e. The van der Waals surface area contributed by atoms with Gasteiger partial charge < -0.3 is 5.32 Å². The van der Waals surface area contributed by atoms with Crippen LogP contribution in [0.15, 0.2) is 18.3 Å². The molecule has 1 aromatic heterocycles. The number of rotatable bonds is 3.